The van der Waals surface area contributed by atoms with Crippen LogP contribution >= 0.6 is 0 Å². The fourth-order valence-corrected chi connectivity index (χ4v) is 5.40. The highest BCUT2D eigenvalue weighted by Gasteiger charge is 2.43. The molecule has 2 saturated heterocycles. The molecule has 2 N–H and O–H groups in total. The van der Waals surface area contributed by atoms with Gasteiger partial charge in [-0.1, -0.05) is 0 Å². The zero-order valence-electron chi connectivity index (χ0n) is 22.6. The topological polar surface area (TPSA) is 128 Å². The number of methoxy groups -OCH3 is 1. The van der Waals surface area contributed by atoms with Crippen LogP contribution in [0.15, 0.2) is 35.1 Å². The van der Waals surface area contributed by atoms with Gasteiger partial charge in [0.15, 0.2) is 11.6 Å². The Hall–Kier alpha value is -4.55. The Morgan fingerprint density at radius 1 is 1.14 bits per heavy atom. The highest BCUT2D eigenvalue weighted by atomic mass is 19.4. The van der Waals surface area contributed by atoms with Gasteiger partial charge in [0.1, 0.15) is 6.23 Å². The second-order valence-electron chi connectivity index (χ2n) is 10.0. The number of H-pyrrole nitrogens is 1. The lowest BCUT2D eigenvalue weighted by Gasteiger charge is -2.33. The number of fused-ring (bicyclic) bond motifs is 1. The average molecular weight is 606 g/mol. The molecule has 0 spiro atoms. The third-order valence-electron chi connectivity index (χ3n) is 7.37. The van der Waals surface area contributed by atoms with Crippen LogP contribution in [0.2, 0.25) is 0 Å². The normalized spacial score (nSPS) is 19.0. The first-order valence-corrected chi connectivity index (χ1v) is 13.1. The number of aromatic nitrogens is 1. The number of nitrogens with zero attached hydrogens (tertiary/aromatic N) is 3. The predicted molar refractivity (Wildman–Crippen MR) is 141 cm³/mol. The fraction of sp³-hybridized carbons (Fsp3) is 0.357. The quantitative estimate of drug-likeness (QED) is 0.428. The summed E-state index contributed by atoms with van der Waals surface area (Å²) >= 11 is 0. The fourth-order valence-electron chi connectivity index (χ4n) is 5.40. The van der Waals surface area contributed by atoms with Gasteiger partial charge in [-0.15, -0.1) is 0 Å². The van der Waals surface area contributed by atoms with E-state index in [0.29, 0.717) is 6.07 Å². The van der Waals surface area contributed by atoms with Crippen molar-refractivity contribution in [3.63, 3.8) is 0 Å². The van der Waals surface area contributed by atoms with Crippen LogP contribution < -0.4 is 15.8 Å². The van der Waals surface area contributed by atoms with Crippen molar-refractivity contribution < 1.29 is 41.0 Å². The van der Waals surface area contributed by atoms with E-state index in [0.717, 1.165) is 24.3 Å². The largest absolute Gasteiger partial charge is 0.418 e. The van der Waals surface area contributed by atoms with E-state index in [-0.39, 0.29) is 61.3 Å². The molecular formula is C28H24F5N5O5. The van der Waals surface area contributed by atoms with Crippen molar-refractivity contribution in [1.29, 1.82) is 5.26 Å². The van der Waals surface area contributed by atoms with E-state index in [1.807, 2.05) is 0 Å². The number of rotatable bonds is 5. The van der Waals surface area contributed by atoms with Gasteiger partial charge in [0.2, 0.25) is 5.56 Å². The number of carbonyl (C=O) groups excluding carboxylic acids is 2. The SMILES string of the molecule is COC1C[C@@H](NC(=O)c2cc(=O)[nH]c3c(F)c(F)ccc23)CN1c1c(C(=O)N2CCOCC2)cc(C#N)cc1C(F)(F)F. The van der Waals surface area contributed by atoms with Crippen molar-refractivity contribution >= 4 is 28.4 Å². The van der Waals surface area contributed by atoms with Gasteiger partial charge >= 0.3 is 6.18 Å². The Labute approximate surface area is 240 Å². The van der Waals surface area contributed by atoms with Crippen LogP contribution in [0.4, 0.5) is 27.6 Å². The zero-order valence-corrected chi connectivity index (χ0v) is 22.6. The number of amides is 2. The van der Waals surface area contributed by atoms with E-state index in [9.17, 15) is 41.6 Å². The number of aromatic amines is 1. The molecule has 2 fully saturated rings. The van der Waals surface area contributed by atoms with E-state index >= 15 is 0 Å². The number of morpholine rings is 1. The molecule has 3 heterocycles. The number of anilines is 1. The smallest absolute Gasteiger partial charge is 0.378 e. The molecule has 1 aromatic heterocycles. The highest BCUT2D eigenvalue weighted by molar-refractivity contribution is 6.06. The maximum absolute atomic E-state index is 14.4. The molecule has 15 heteroatoms. The van der Waals surface area contributed by atoms with Crippen molar-refractivity contribution in [3.8, 4) is 6.07 Å². The van der Waals surface area contributed by atoms with Crippen molar-refractivity contribution in [2.45, 2.75) is 24.9 Å². The summed E-state index contributed by atoms with van der Waals surface area (Å²) in [5.74, 6) is -4.18. The molecule has 226 valence electrons. The first-order valence-electron chi connectivity index (χ1n) is 13.1. The molecule has 2 aliphatic rings. The Balaban J connectivity index is 1.53. The van der Waals surface area contributed by atoms with Crippen LogP contribution in [0.25, 0.3) is 10.9 Å². The molecule has 0 radical (unpaired) electrons. The second-order valence-corrected chi connectivity index (χ2v) is 10.0. The van der Waals surface area contributed by atoms with Gasteiger partial charge in [-0.05, 0) is 24.3 Å². The van der Waals surface area contributed by atoms with Gasteiger partial charge in [-0.2, -0.15) is 18.4 Å². The molecule has 2 amide bonds. The summed E-state index contributed by atoms with van der Waals surface area (Å²) in [5, 5.41) is 12.0. The summed E-state index contributed by atoms with van der Waals surface area (Å²) in [5.41, 5.74) is -4.12. The van der Waals surface area contributed by atoms with Crippen LogP contribution in [0, 0.1) is 23.0 Å². The minimum absolute atomic E-state index is 0.0329. The minimum Gasteiger partial charge on any atom is -0.378 e. The summed E-state index contributed by atoms with van der Waals surface area (Å²) in [7, 11) is 1.25. The number of alkyl halides is 3. The van der Waals surface area contributed by atoms with Crippen LogP contribution in [0.5, 0.6) is 0 Å². The molecule has 2 atom stereocenters. The molecule has 2 aliphatic heterocycles. The average Bonchev–Trinajstić information content (AvgIpc) is 3.40. The monoisotopic (exact) mass is 605 g/mol. The number of hydrogen-bond acceptors (Lipinski definition) is 7. The van der Waals surface area contributed by atoms with E-state index in [1.165, 1.54) is 16.9 Å². The summed E-state index contributed by atoms with van der Waals surface area (Å²) in [6.07, 6.45) is -6.04. The molecule has 2 aromatic carbocycles. The van der Waals surface area contributed by atoms with Gasteiger partial charge < -0.3 is 29.6 Å². The molecule has 0 saturated carbocycles. The van der Waals surface area contributed by atoms with Crippen LogP contribution in [-0.2, 0) is 15.7 Å². The Morgan fingerprint density at radius 3 is 2.51 bits per heavy atom. The zero-order chi connectivity index (χ0) is 31.1. The van der Waals surface area contributed by atoms with Gasteiger partial charge in [0.25, 0.3) is 11.8 Å². The standard InChI is InChI=1S/C28H24F5N5O5/c1-42-22-10-15(35-26(40)17-11-21(39)36-24-16(17)2-3-20(29)23(24)30)13-38(22)25-18(27(41)37-4-6-43-7-5-37)8-14(12-34)9-19(25)28(31,32)33/h2-3,8-9,11,15,22H,4-7,10,13H2,1H3,(H,35,40)(H,36,39)/t15-,22?/m1/s1. The minimum atomic E-state index is -4.97. The van der Waals surface area contributed by atoms with Crippen LogP contribution in [-0.4, -0.2) is 73.9 Å². The van der Waals surface area contributed by atoms with Crippen molar-refractivity contribution in [3.05, 3.63) is 74.6 Å². The van der Waals surface area contributed by atoms with E-state index < -0.39 is 64.2 Å². The summed E-state index contributed by atoms with van der Waals surface area (Å²) in [6, 6.07) is 5.38. The first kappa shape index (κ1) is 29.9. The third-order valence-corrected chi connectivity index (χ3v) is 7.37. The number of carbonyl (C=O) groups is 2. The molecule has 1 unspecified atom stereocenters. The van der Waals surface area contributed by atoms with Crippen molar-refractivity contribution in [1.82, 2.24) is 15.2 Å². The summed E-state index contributed by atoms with van der Waals surface area (Å²) in [4.78, 5) is 43.6. The molecule has 3 aromatic rings. The number of nitriles is 1. The molecular weight excluding hydrogens is 581 g/mol. The molecule has 5 rings (SSSR count). The Morgan fingerprint density at radius 2 is 1.86 bits per heavy atom. The molecule has 43 heavy (non-hydrogen) atoms. The van der Waals surface area contributed by atoms with Gasteiger partial charge in [0, 0.05) is 44.6 Å². The lowest BCUT2D eigenvalue weighted by Crippen LogP contribution is -2.42. The number of halogens is 5. The molecule has 10 nitrogen and oxygen atoms in total. The maximum atomic E-state index is 14.4. The Kier molecular flexibility index (Phi) is 8.08. The van der Waals surface area contributed by atoms with Crippen molar-refractivity contribution in [2.75, 3.05) is 44.9 Å². The number of nitrogens with one attached hydrogen (secondary N) is 2. The summed E-state index contributed by atoms with van der Waals surface area (Å²) < 4.78 is 82.1. The number of pyridine rings is 1. The predicted octanol–water partition coefficient (Wildman–Crippen LogP) is 3.15. The van der Waals surface area contributed by atoms with E-state index in [2.05, 4.69) is 10.3 Å². The van der Waals surface area contributed by atoms with Gasteiger partial charge in [0.05, 0.1) is 58.8 Å². The number of benzene rings is 2. The number of hydrogen-bond donors (Lipinski definition) is 2. The van der Waals surface area contributed by atoms with E-state index in [4.69, 9.17) is 9.47 Å². The third kappa shape index (κ3) is 5.75. The van der Waals surface area contributed by atoms with Crippen molar-refractivity contribution in [2.24, 2.45) is 0 Å². The van der Waals surface area contributed by atoms with Gasteiger partial charge in [-0.25, -0.2) is 8.78 Å². The summed E-state index contributed by atoms with van der Waals surface area (Å²) in [6.45, 7) is 0.399. The maximum Gasteiger partial charge on any atom is 0.418 e. The molecule has 0 bridgehead atoms. The first-order chi connectivity index (χ1) is 20.4. The van der Waals surface area contributed by atoms with Gasteiger partial charge in [-0.3, -0.25) is 14.4 Å². The Bertz CT molecular complexity index is 1700. The lowest BCUT2D eigenvalue weighted by molar-refractivity contribution is -0.137. The van der Waals surface area contributed by atoms with Crippen LogP contribution in [0.3, 0.4) is 0 Å². The second kappa shape index (κ2) is 11.6. The number of ether oxygens (including phenoxy) is 2. The van der Waals surface area contributed by atoms with E-state index in [1.54, 1.807) is 6.07 Å². The molecule has 0 aliphatic carbocycles. The van der Waals surface area contributed by atoms with Crippen LogP contribution in [0.1, 0.15) is 38.3 Å². The highest BCUT2D eigenvalue weighted by Crippen LogP contribution is 2.42. The lowest BCUT2D eigenvalue weighted by atomic mass is 10.00.